The van der Waals surface area contributed by atoms with E-state index in [1.54, 1.807) is 14.0 Å². The number of nitrogens with zero attached hydrogens (tertiary/aromatic N) is 1. The Labute approximate surface area is 178 Å². The van der Waals surface area contributed by atoms with Crippen molar-refractivity contribution in [3.05, 3.63) is 64.3 Å². The maximum Gasteiger partial charge on any atom is 0.261 e. The van der Waals surface area contributed by atoms with Crippen molar-refractivity contribution in [1.82, 2.24) is 9.62 Å². The van der Waals surface area contributed by atoms with Gasteiger partial charge in [0.1, 0.15) is 10.7 Å². The van der Waals surface area contributed by atoms with Crippen LogP contribution in [0.15, 0.2) is 47.4 Å². The second kappa shape index (κ2) is 8.07. The highest BCUT2D eigenvalue weighted by atomic mass is 32.2. The van der Waals surface area contributed by atoms with Gasteiger partial charge in [0, 0.05) is 30.4 Å². The van der Waals surface area contributed by atoms with Crippen LogP contribution in [0.1, 0.15) is 26.9 Å². The van der Waals surface area contributed by atoms with Crippen LogP contribution in [0.25, 0.3) is 10.1 Å². The fourth-order valence-corrected chi connectivity index (χ4v) is 6.41. The molecule has 0 saturated carbocycles. The van der Waals surface area contributed by atoms with E-state index in [4.69, 9.17) is 4.74 Å². The van der Waals surface area contributed by atoms with Crippen LogP contribution < -0.4 is 5.32 Å². The van der Waals surface area contributed by atoms with E-state index in [1.807, 2.05) is 24.3 Å². The third-order valence-corrected chi connectivity index (χ3v) is 8.19. The smallest absolute Gasteiger partial charge is 0.261 e. The van der Waals surface area contributed by atoms with Crippen LogP contribution in [-0.4, -0.2) is 45.4 Å². The molecule has 1 saturated heterocycles. The van der Waals surface area contributed by atoms with E-state index in [0.29, 0.717) is 16.0 Å². The van der Waals surface area contributed by atoms with Gasteiger partial charge in [-0.3, -0.25) is 4.79 Å². The van der Waals surface area contributed by atoms with Crippen molar-refractivity contribution in [3.8, 4) is 0 Å². The van der Waals surface area contributed by atoms with Crippen LogP contribution in [-0.2, 0) is 14.8 Å². The standard InChI is InChI=1S/C21H21FN2O4S2/c1-13-7-8-15(22)18(11-13)30(26,27)24-9-10-28-16(12-24)19-14-5-3-4-6-17(14)29-20(19)21(25)23-2/h3-8,11,16H,9-10,12H2,1-2H3,(H,23,25)/t16-/m0/s1. The Balaban J connectivity index is 1.75. The van der Waals surface area contributed by atoms with Gasteiger partial charge in [-0.2, -0.15) is 4.31 Å². The summed E-state index contributed by atoms with van der Waals surface area (Å²) in [5.41, 5.74) is 1.32. The minimum absolute atomic E-state index is 0.000434. The quantitative estimate of drug-likeness (QED) is 0.663. The van der Waals surface area contributed by atoms with Crippen LogP contribution in [0, 0.1) is 12.7 Å². The van der Waals surface area contributed by atoms with E-state index in [2.05, 4.69) is 5.32 Å². The van der Waals surface area contributed by atoms with Crippen molar-refractivity contribution in [2.45, 2.75) is 17.9 Å². The highest BCUT2D eigenvalue weighted by Crippen LogP contribution is 2.39. The first-order valence-corrected chi connectivity index (χ1v) is 11.7. The summed E-state index contributed by atoms with van der Waals surface area (Å²) in [5, 5.41) is 3.49. The number of hydrogen-bond donors (Lipinski definition) is 1. The van der Waals surface area contributed by atoms with Gasteiger partial charge < -0.3 is 10.1 Å². The van der Waals surface area contributed by atoms with Gasteiger partial charge >= 0.3 is 0 Å². The summed E-state index contributed by atoms with van der Waals surface area (Å²) in [4.78, 5) is 12.6. The number of fused-ring (bicyclic) bond motifs is 1. The molecule has 4 rings (SSSR count). The second-order valence-corrected chi connectivity index (χ2v) is 10.0. The first-order valence-electron chi connectivity index (χ1n) is 9.44. The average molecular weight is 449 g/mol. The number of hydrogen-bond acceptors (Lipinski definition) is 5. The van der Waals surface area contributed by atoms with E-state index in [9.17, 15) is 17.6 Å². The zero-order chi connectivity index (χ0) is 21.5. The first-order chi connectivity index (χ1) is 14.3. The zero-order valence-corrected chi connectivity index (χ0v) is 18.1. The molecule has 0 spiro atoms. The molecule has 158 valence electrons. The summed E-state index contributed by atoms with van der Waals surface area (Å²) in [5.74, 6) is -1.03. The fourth-order valence-electron chi connectivity index (χ4n) is 3.63. The number of morpholine rings is 1. The number of benzene rings is 2. The number of sulfonamides is 1. The van der Waals surface area contributed by atoms with Crippen LogP contribution in [0.5, 0.6) is 0 Å². The minimum Gasteiger partial charge on any atom is -0.371 e. The summed E-state index contributed by atoms with van der Waals surface area (Å²) in [6.07, 6.45) is -0.634. The topological polar surface area (TPSA) is 75.7 Å². The summed E-state index contributed by atoms with van der Waals surface area (Å²) in [6, 6.07) is 11.6. The molecule has 1 aromatic heterocycles. The fraction of sp³-hybridized carbons (Fsp3) is 0.286. The maximum absolute atomic E-state index is 14.3. The molecule has 1 atom stereocenters. The summed E-state index contributed by atoms with van der Waals surface area (Å²) < 4.78 is 48.7. The number of ether oxygens (including phenoxy) is 1. The molecule has 6 nitrogen and oxygen atoms in total. The Morgan fingerprint density at radius 1 is 1.27 bits per heavy atom. The van der Waals surface area contributed by atoms with Gasteiger partial charge in [-0.15, -0.1) is 11.3 Å². The molecule has 1 N–H and O–H groups in total. The van der Waals surface area contributed by atoms with Gasteiger partial charge in [0.25, 0.3) is 5.91 Å². The number of rotatable bonds is 4. The SMILES string of the molecule is CNC(=O)c1sc2ccccc2c1[C@@H]1CN(S(=O)(=O)c2cc(C)ccc2F)CCO1. The average Bonchev–Trinajstić information content (AvgIpc) is 3.14. The lowest BCUT2D eigenvalue weighted by Crippen LogP contribution is -2.42. The van der Waals surface area contributed by atoms with Crippen molar-refractivity contribution in [2.75, 3.05) is 26.7 Å². The van der Waals surface area contributed by atoms with Gasteiger partial charge in [-0.25, -0.2) is 12.8 Å². The number of thiophene rings is 1. The van der Waals surface area contributed by atoms with Crippen LogP contribution in [0.3, 0.4) is 0 Å². The summed E-state index contributed by atoms with van der Waals surface area (Å²) in [6.45, 7) is 1.98. The molecule has 1 aliphatic rings. The van der Waals surface area contributed by atoms with Crippen LogP contribution in [0.2, 0.25) is 0 Å². The number of aryl methyl sites for hydroxylation is 1. The molecule has 2 heterocycles. The lowest BCUT2D eigenvalue weighted by atomic mass is 10.0. The van der Waals surface area contributed by atoms with Crippen LogP contribution in [0.4, 0.5) is 4.39 Å². The van der Waals surface area contributed by atoms with E-state index in [1.165, 1.54) is 27.8 Å². The zero-order valence-electron chi connectivity index (χ0n) is 16.5. The van der Waals surface area contributed by atoms with Crippen LogP contribution >= 0.6 is 11.3 Å². The third-order valence-electron chi connectivity index (χ3n) is 5.12. The highest BCUT2D eigenvalue weighted by Gasteiger charge is 2.36. The number of amides is 1. The lowest BCUT2D eigenvalue weighted by Gasteiger charge is -2.32. The van der Waals surface area contributed by atoms with Gasteiger partial charge in [-0.05, 0) is 36.1 Å². The number of carbonyl (C=O) groups is 1. The van der Waals surface area contributed by atoms with Crippen molar-refractivity contribution < 1.29 is 22.3 Å². The van der Waals surface area contributed by atoms with E-state index < -0.39 is 21.9 Å². The second-order valence-electron chi connectivity index (χ2n) is 7.08. The van der Waals surface area contributed by atoms with Crippen molar-refractivity contribution in [1.29, 1.82) is 0 Å². The van der Waals surface area contributed by atoms with Crippen molar-refractivity contribution >= 4 is 37.4 Å². The van der Waals surface area contributed by atoms with Gasteiger partial charge in [0.05, 0.1) is 17.6 Å². The van der Waals surface area contributed by atoms with E-state index in [-0.39, 0.29) is 30.5 Å². The molecule has 0 unspecified atom stereocenters. The van der Waals surface area contributed by atoms with Crippen molar-refractivity contribution in [3.63, 3.8) is 0 Å². The molecule has 30 heavy (non-hydrogen) atoms. The molecular weight excluding hydrogens is 427 g/mol. The Morgan fingerprint density at radius 2 is 2.03 bits per heavy atom. The number of halogens is 1. The Morgan fingerprint density at radius 3 is 2.80 bits per heavy atom. The Kier molecular flexibility index (Phi) is 5.63. The largest absolute Gasteiger partial charge is 0.371 e. The molecule has 0 aliphatic carbocycles. The number of nitrogens with one attached hydrogen (secondary N) is 1. The third kappa shape index (κ3) is 3.62. The van der Waals surface area contributed by atoms with E-state index >= 15 is 0 Å². The van der Waals surface area contributed by atoms with Gasteiger partial charge in [0.15, 0.2) is 0 Å². The molecule has 1 aliphatic heterocycles. The molecule has 1 fully saturated rings. The normalized spacial score (nSPS) is 17.9. The Bertz CT molecular complexity index is 1220. The van der Waals surface area contributed by atoms with Gasteiger partial charge in [-0.1, -0.05) is 24.3 Å². The maximum atomic E-state index is 14.3. The van der Waals surface area contributed by atoms with Crippen molar-refractivity contribution in [2.24, 2.45) is 0 Å². The molecule has 3 aromatic rings. The Hall–Kier alpha value is -2.33. The summed E-state index contributed by atoms with van der Waals surface area (Å²) in [7, 11) is -2.50. The predicted molar refractivity (Wildman–Crippen MR) is 114 cm³/mol. The molecule has 2 aromatic carbocycles. The molecule has 9 heteroatoms. The molecule has 0 bridgehead atoms. The molecule has 0 radical (unpaired) electrons. The molecular formula is C21H21FN2O4S2. The minimum atomic E-state index is -4.05. The van der Waals surface area contributed by atoms with Gasteiger partial charge in [0.2, 0.25) is 10.0 Å². The molecule has 1 amide bonds. The van der Waals surface area contributed by atoms with E-state index in [0.717, 1.165) is 16.2 Å². The lowest BCUT2D eigenvalue weighted by molar-refractivity contribution is -0.00197. The predicted octanol–water partition coefficient (Wildman–Crippen LogP) is 3.47. The summed E-state index contributed by atoms with van der Waals surface area (Å²) >= 11 is 1.34. The number of carbonyl (C=O) groups excluding carboxylic acids is 1. The highest BCUT2D eigenvalue weighted by molar-refractivity contribution is 7.89. The monoisotopic (exact) mass is 448 g/mol. The first kappa shape index (κ1) is 20.9.